The number of benzene rings is 1. The van der Waals surface area contributed by atoms with Gasteiger partial charge in [-0.05, 0) is 18.4 Å². The van der Waals surface area contributed by atoms with Crippen LogP contribution in [-0.2, 0) is 4.74 Å². The number of morpholine rings is 1. The summed E-state index contributed by atoms with van der Waals surface area (Å²) in [4.78, 5) is 12.4. The van der Waals surface area contributed by atoms with Gasteiger partial charge in [-0.1, -0.05) is 29.2 Å². The van der Waals surface area contributed by atoms with Crippen molar-refractivity contribution < 1.29 is 13.9 Å². The largest absolute Gasteiger partial charge is 0.490 e. The Labute approximate surface area is 169 Å². The van der Waals surface area contributed by atoms with E-state index in [2.05, 4.69) is 20.0 Å². The van der Waals surface area contributed by atoms with Crippen LogP contribution in [0.3, 0.4) is 0 Å². The van der Waals surface area contributed by atoms with Crippen LogP contribution in [0.5, 0.6) is 5.75 Å². The molecule has 0 saturated carbocycles. The third-order valence-corrected chi connectivity index (χ3v) is 6.47. The first-order valence-electron chi connectivity index (χ1n) is 9.03. The number of hydrogen-bond acceptors (Lipinski definition) is 9. The van der Waals surface area contributed by atoms with Crippen molar-refractivity contribution in [2.45, 2.75) is 4.34 Å². The summed E-state index contributed by atoms with van der Waals surface area (Å²) in [6.07, 6.45) is 3.84. The molecule has 1 aliphatic heterocycles. The highest BCUT2D eigenvalue weighted by molar-refractivity contribution is 8.00. The molecule has 0 N–H and O–H groups in total. The zero-order valence-corrected chi connectivity index (χ0v) is 17.0. The number of ether oxygens (including phenoxy) is 2. The maximum atomic E-state index is 6.00. The molecule has 0 spiro atoms. The lowest BCUT2D eigenvalue weighted by atomic mass is 10.3. The predicted molar refractivity (Wildman–Crippen MR) is 108 cm³/mol. The van der Waals surface area contributed by atoms with Gasteiger partial charge < -0.3 is 13.9 Å². The minimum atomic E-state index is 0.475. The van der Waals surface area contributed by atoms with Gasteiger partial charge in [-0.2, -0.15) is 0 Å². The number of aromatic nitrogens is 4. The SMILES string of the molecule is CSc1nn2cc(-c3nc4c(OCCN5CCOCC5)cccc4o3)nc2s1. The average Bonchev–Trinajstić information content (AvgIpc) is 3.41. The third kappa shape index (κ3) is 3.48. The molecular weight excluding hydrogens is 398 g/mol. The van der Waals surface area contributed by atoms with E-state index in [0.717, 1.165) is 47.9 Å². The molecule has 0 amide bonds. The second-order valence-electron chi connectivity index (χ2n) is 6.35. The molecule has 1 saturated heterocycles. The van der Waals surface area contributed by atoms with Crippen molar-refractivity contribution in [1.82, 2.24) is 24.5 Å². The molecule has 4 aromatic rings. The van der Waals surface area contributed by atoms with Crippen LogP contribution in [0.25, 0.3) is 27.6 Å². The van der Waals surface area contributed by atoms with Crippen LogP contribution in [0, 0.1) is 0 Å². The summed E-state index contributed by atoms with van der Waals surface area (Å²) in [5.74, 6) is 1.20. The van der Waals surface area contributed by atoms with Gasteiger partial charge in [0.2, 0.25) is 10.9 Å². The molecular formula is C18H19N5O3S2. The monoisotopic (exact) mass is 417 g/mol. The molecule has 0 unspecified atom stereocenters. The van der Waals surface area contributed by atoms with Crippen molar-refractivity contribution in [3.05, 3.63) is 24.4 Å². The molecule has 4 heterocycles. The van der Waals surface area contributed by atoms with Gasteiger partial charge in [0.05, 0.1) is 19.4 Å². The van der Waals surface area contributed by atoms with Gasteiger partial charge in [0, 0.05) is 19.6 Å². The Balaban J connectivity index is 1.36. The number of rotatable bonds is 6. The zero-order valence-electron chi connectivity index (χ0n) is 15.3. The number of fused-ring (bicyclic) bond motifs is 2. The van der Waals surface area contributed by atoms with E-state index in [4.69, 9.17) is 13.9 Å². The van der Waals surface area contributed by atoms with Crippen LogP contribution in [0.15, 0.2) is 33.2 Å². The van der Waals surface area contributed by atoms with Gasteiger partial charge in [-0.3, -0.25) is 4.90 Å². The standard InChI is InChI=1S/C18H19N5O3S2/c1-27-18-21-23-11-12(19-17(23)28-18)16-20-15-13(3-2-4-14(15)26-16)25-10-7-22-5-8-24-9-6-22/h2-4,11H,5-10H2,1H3. The summed E-state index contributed by atoms with van der Waals surface area (Å²) >= 11 is 3.15. The summed E-state index contributed by atoms with van der Waals surface area (Å²) in [5, 5.41) is 4.46. The van der Waals surface area contributed by atoms with E-state index in [1.54, 1.807) is 27.6 Å². The molecule has 146 valence electrons. The molecule has 8 nitrogen and oxygen atoms in total. The van der Waals surface area contributed by atoms with E-state index in [0.29, 0.717) is 29.3 Å². The van der Waals surface area contributed by atoms with Crippen molar-refractivity contribution in [3.8, 4) is 17.3 Å². The van der Waals surface area contributed by atoms with Gasteiger partial charge in [-0.15, -0.1) is 5.10 Å². The lowest BCUT2D eigenvalue weighted by Gasteiger charge is -2.26. The number of oxazole rings is 1. The molecule has 5 rings (SSSR count). The molecule has 28 heavy (non-hydrogen) atoms. The molecule has 10 heteroatoms. The smallest absolute Gasteiger partial charge is 0.248 e. The molecule has 1 aliphatic rings. The summed E-state index contributed by atoms with van der Waals surface area (Å²) < 4.78 is 20.0. The highest BCUT2D eigenvalue weighted by Crippen LogP contribution is 2.31. The maximum Gasteiger partial charge on any atom is 0.248 e. The fourth-order valence-electron chi connectivity index (χ4n) is 3.13. The average molecular weight is 418 g/mol. The van der Waals surface area contributed by atoms with Crippen molar-refractivity contribution in [2.24, 2.45) is 0 Å². The number of nitrogens with zero attached hydrogens (tertiary/aromatic N) is 5. The van der Waals surface area contributed by atoms with Crippen LogP contribution < -0.4 is 4.74 Å². The second-order valence-corrected chi connectivity index (χ2v) is 8.36. The van der Waals surface area contributed by atoms with E-state index >= 15 is 0 Å². The highest BCUT2D eigenvalue weighted by atomic mass is 32.2. The van der Waals surface area contributed by atoms with Crippen molar-refractivity contribution in [1.29, 1.82) is 0 Å². The first-order chi connectivity index (χ1) is 13.8. The second kappa shape index (κ2) is 7.70. The van der Waals surface area contributed by atoms with Gasteiger partial charge in [-0.25, -0.2) is 14.5 Å². The van der Waals surface area contributed by atoms with Crippen LogP contribution in [0.4, 0.5) is 0 Å². The number of imidazole rings is 1. The number of hydrogen-bond donors (Lipinski definition) is 0. The van der Waals surface area contributed by atoms with Crippen LogP contribution in [0.1, 0.15) is 0 Å². The summed E-state index contributed by atoms with van der Waals surface area (Å²) in [7, 11) is 0. The fraction of sp³-hybridized carbons (Fsp3) is 0.389. The molecule has 0 radical (unpaired) electrons. The fourth-order valence-corrected chi connectivity index (χ4v) is 4.47. The minimum Gasteiger partial charge on any atom is -0.490 e. The Bertz CT molecular complexity index is 1070. The van der Waals surface area contributed by atoms with Gasteiger partial charge in [0.1, 0.15) is 18.1 Å². The Morgan fingerprint density at radius 3 is 2.96 bits per heavy atom. The van der Waals surface area contributed by atoms with Crippen LogP contribution in [0.2, 0.25) is 0 Å². The molecule has 1 aromatic carbocycles. The minimum absolute atomic E-state index is 0.475. The molecule has 0 bridgehead atoms. The first-order valence-corrected chi connectivity index (χ1v) is 11.1. The van der Waals surface area contributed by atoms with E-state index in [-0.39, 0.29) is 0 Å². The Morgan fingerprint density at radius 1 is 1.25 bits per heavy atom. The normalized spacial score (nSPS) is 15.6. The van der Waals surface area contributed by atoms with E-state index in [9.17, 15) is 0 Å². The molecule has 1 fully saturated rings. The topological polar surface area (TPSA) is 77.9 Å². The maximum absolute atomic E-state index is 6.00. The van der Waals surface area contributed by atoms with E-state index in [1.807, 2.05) is 30.7 Å². The zero-order chi connectivity index (χ0) is 18.9. The van der Waals surface area contributed by atoms with Gasteiger partial charge in [0.15, 0.2) is 15.4 Å². The summed E-state index contributed by atoms with van der Waals surface area (Å²) in [6, 6.07) is 5.73. The Kier molecular flexibility index (Phi) is 4.93. The van der Waals surface area contributed by atoms with E-state index in [1.165, 1.54) is 0 Å². The van der Waals surface area contributed by atoms with Gasteiger partial charge >= 0.3 is 0 Å². The number of para-hydroxylation sites is 1. The van der Waals surface area contributed by atoms with Crippen molar-refractivity contribution in [3.63, 3.8) is 0 Å². The van der Waals surface area contributed by atoms with Crippen molar-refractivity contribution >= 4 is 39.2 Å². The lowest BCUT2D eigenvalue weighted by Crippen LogP contribution is -2.38. The molecule has 0 atom stereocenters. The summed E-state index contributed by atoms with van der Waals surface area (Å²) in [6.45, 7) is 4.94. The molecule has 0 aliphatic carbocycles. The third-order valence-electron chi connectivity index (χ3n) is 4.57. The Morgan fingerprint density at radius 2 is 2.14 bits per heavy atom. The predicted octanol–water partition coefficient (Wildman–Crippen LogP) is 3.03. The van der Waals surface area contributed by atoms with Crippen LogP contribution in [-0.4, -0.2) is 70.2 Å². The van der Waals surface area contributed by atoms with Crippen molar-refractivity contribution in [2.75, 3.05) is 45.7 Å². The quantitative estimate of drug-likeness (QED) is 0.443. The summed E-state index contributed by atoms with van der Waals surface area (Å²) in [5.41, 5.74) is 2.07. The number of thioether (sulfide) groups is 1. The van der Waals surface area contributed by atoms with E-state index < -0.39 is 0 Å². The van der Waals surface area contributed by atoms with Crippen LogP contribution >= 0.6 is 23.1 Å². The highest BCUT2D eigenvalue weighted by Gasteiger charge is 2.17. The Hall–Kier alpha value is -2.14. The lowest BCUT2D eigenvalue weighted by molar-refractivity contribution is 0.0323. The molecule has 3 aromatic heterocycles. The van der Waals surface area contributed by atoms with Gasteiger partial charge in [0.25, 0.3) is 0 Å². The first kappa shape index (κ1) is 17.9.